The standard InChI is InChI=1S/C13H7BrCl2O2S/c14-8-3-7(13(17)18)4-10(5-8)19-9-1-2-11(15)12(16)6-9/h1-6H,(H,17,18). The van der Waals surface area contributed by atoms with Gasteiger partial charge in [-0.2, -0.15) is 0 Å². The fraction of sp³-hybridized carbons (Fsp3) is 0. The molecule has 2 nitrogen and oxygen atoms in total. The minimum absolute atomic E-state index is 0.233. The molecule has 0 spiro atoms. The van der Waals surface area contributed by atoms with E-state index in [9.17, 15) is 4.79 Å². The number of carboxylic acid groups (broad SMARTS) is 1. The van der Waals surface area contributed by atoms with Crippen molar-refractivity contribution < 1.29 is 9.90 Å². The third-order valence-corrected chi connectivity index (χ3v) is 4.40. The number of hydrogen-bond acceptors (Lipinski definition) is 2. The second-order valence-corrected chi connectivity index (χ2v) is 6.54. The van der Waals surface area contributed by atoms with Gasteiger partial charge in [0.25, 0.3) is 0 Å². The highest BCUT2D eigenvalue weighted by Gasteiger charge is 2.08. The predicted molar refractivity (Wildman–Crippen MR) is 81.7 cm³/mol. The molecule has 0 bridgehead atoms. The van der Waals surface area contributed by atoms with Crippen molar-refractivity contribution in [3.8, 4) is 0 Å². The van der Waals surface area contributed by atoms with E-state index in [1.165, 1.54) is 11.8 Å². The normalized spacial score (nSPS) is 10.5. The zero-order valence-electron chi connectivity index (χ0n) is 9.36. The van der Waals surface area contributed by atoms with Crippen molar-refractivity contribution in [2.24, 2.45) is 0 Å². The summed E-state index contributed by atoms with van der Waals surface area (Å²) in [7, 11) is 0. The second-order valence-electron chi connectivity index (χ2n) is 3.66. The zero-order chi connectivity index (χ0) is 14.0. The number of hydrogen-bond donors (Lipinski definition) is 1. The van der Waals surface area contributed by atoms with E-state index in [-0.39, 0.29) is 5.56 Å². The summed E-state index contributed by atoms with van der Waals surface area (Å²) >= 11 is 16.5. The average Bonchev–Trinajstić information content (AvgIpc) is 2.33. The lowest BCUT2D eigenvalue weighted by molar-refractivity contribution is 0.0696. The van der Waals surface area contributed by atoms with Crippen LogP contribution in [0.15, 0.2) is 50.7 Å². The van der Waals surface area contributed by atoms with Crippen molar-refractivity contribution in [2.75, 3.05) is 0 Å². The molecule has 0 aromatic heterocycles. The topological polar surface area (TPSA) is 37.3 Å². The van der Waals surface area contributed by atoms with Gasteiger partial charge in [-0.05, 0) is 36.4 Å². The average molecular weight is 378 g/mol. The molecule has 0 aliphatic heterocycles. The van der Waals surface area contributed by atoms with Gasteiger partial charge in [-0.25, -0.2) is 4.79 Å². The Kier molecular flexibility index (Phi) is 4.79. The molecule has 1 N–H and O–H groups in total. The number of carboxylic acids is 1. The van der Waals surface area contributed by atoms with Crippen molar-refractivity contribution in [1.82, 2.24) is 0 Å². The Morgan fingerprint density at radius 2 is 1.79 bits per heavy atom. The van der Waals surface area contributed by atoms with Crippen LogP contribution in [0.2, 0.25) is 10.0 Å². The van der Waals surface area contributed by atoms with Crippen LogP contribution in [0, 0.1) is 0 Å². The summed E-state index contributed by atoms with van der Waals surface area (Å²) in [6, 6.07) is 10.3. The zero-order valence-corrected chi connectivity index (χ0v) is 13.3. The van der Waals surface area contributed by atoms with Crippen LogP contribution < -0.4 is 0 Å². The molecule has 0 atom stereocenters. The number of carbonyl (C=O) groups is 1. The molecule has 0 saturated heterocycles. The number of halogens is 3. The van der Waals surface area contributed by atoms with Crippen LogP contribution in [0.4, 0.5) is 0 Å². The maximum Gasteiger partial charge on any atom is 0.335 e. The SMILES string of the molecule is O=C(O)c1cc(Br)cc(Sc2ccc(Cl)c(Cl)c2)c1. The van der Waals surface area contributed by atoms with E-state index >= 15 is 0 Å². The van der Waals surface area contributed by atoms with Gasteiger partial charge in [0.05, 0.1) is 15.6 Å². The molecule has 0 fully saturated rings. The highest BCUT2D eigenvalue weighted by atomic mass is 79.9. The Labute approximate surface area is 132 Å². The molecule has 19 heavy (non-hydrogen) atoms. The molecule has 0 heterocycles. The summed E-state index contributed by atoms with van der Waals surface area (Å²) in [5.74, 6) is -0.961. The van der Waals surface area contributed by atoms with Gasteiger partial charge in [-0.1, -0.05) is 50.9 Å². The molecule has 6 heteroatoms. The van der Waals surface area contributed by atoms with Crippen LogP contribution in [-0.2, 0) is 0 Å². The van der Waals surface area contributed by atoms with Crippen molar-refractivity contribution >= 4 is 56.9 Å². The second kappa shape index (κ2) is 6.18. The molecule has 2 rings (SSSR count). The minimum atomic E-state index is -0.961. The molecule has 98 valence electrons. The molecule has 0 radical (unpaired) electrons. The Hall–Kier alpha value is -0.680. The van der Waals surface area contributed by atoms with Gasteiger partial charge < -0.3 is 5.11 Å². The monoisotopic (exact) mass is 376 g/mol. The fourth-order valence-corrected chi connectivity index (χ4v) is 3.39. The molecule has 2 aromatic rings. The Morgan fingerprint density at radius 1 is 1.05 bits per heavy atom. The Bertz CT molecular complexity index is 647. The first-order chi connectivity index (χ1) is 8.95. The van der Waals surface area contributed by atoms with Crippen LogP contribution in [0.1, 0.15) is 10.4 Å². The summed E-state index contributed by atoms with van der Waals surface area (Å²) in [4.78, 5) is 12.7. The van der Waals surface area contributed by atoms with Crippen LogP contribution >= 0.6 is 50.9 Å². The van der Waals surface area contributed by atoms with Gasteiger partial charge in [-0.3, -0.25) is 0 Å². The number of rotatable bonds is 3. The van der Waals surface area contributed by atoms with Crippen LogP contribution in [0.5, 0.6) is 0 Å². The number of benzene rings is 2. The first-order valence-corrected chi connectivity index (χ1v) is 7.49. The third kappa shape index (κ3) is 3.89. The summed E-state index contributed by atoms with van der Waals surface area (Å²) in [6.45, 7) is 0. The molecule has 0 aliphatic carbocycles. The first kappa shape index (κ1) is 14.7. The van der Waals surface area contributed by atoms with E-state index in [1.807, 2.05) is 12.1 Å². The van der Waals surface area contributed by atoms with E-state index < -0.39 is 5.97 Å². The van der Waals surface area contributed by atoms with Crippen LogP contribution in [0.3, 0.4) is 0 Å². The lowest BCUT2D eigenvalue weighted by Crippen LogP contribution is -1.96. The smallest absolute Gasteiger partial charge is 0.335 e. The van der Waals surface area contributed by atoms with Gasteiger partial charge in [0.1, 0.15) is 0 Å². The van der Waals surface area contributed by atoms with Crippen LogP contribution in [0.25, 0.3) is 0 Å². The Balaban J connectivity index is 2.32. The van der Waals surface area contributed by atoms with E-state index in [1.54, 1.807) is 24.3 Å². The maximum absolute atomic E-state index is 11.0. The summed E-state index contributed by atoms with van der Waals surface area (Å²) in [6.07, 6.45) is 0. The maximum atomic E-state index is 11.0. The molecule has 0 amide bonds. The van der Waals surface area contributed by atoms with Crippen molar-refractivity contribution in [3.63, 3.8) is 0 Å². The van der Waals surface area contributed by atoms with E-state index in [0.717, 1.165) is 14.3 Å². The van der Waals surface area contributed by atoms with Crippen molar-refractivity contribution in [2.45, 2.75) is 9.79 Å². The molecular weight excluding hydrogens is 371 g/mol. The summed E-state index contributed by atoms with van der Waals surface area (Å²) in [5, 5.41) is 9.98. The van der Waals surface area contributed by atoms with Crippen molar-refractivity contribution in [1.29, 1.82) is 0 Å². The third-order valence-electron chi connectivity index (χ3n) is 2.25. The van der Waals surface area contributed by atoms with Crippen molar-refractivity contribution in [3.05, 3.63) is 56.5 Å². The molecule has 2 aromatic carbocycles. The summed E-state index contributed by atoms with van der Waals surface area (Å²) < 4.78 is 0.718. The largest absolute Gasteiger partial charge is 0.478 e. The number of aromatic carboxylic acids is 1. The fourth-order valence-electron chi connectivity index (χ4n) is 1.42. The lowest BCUT2D eigenvalue weighted by Gasteiger charge is -2.05. The lowest BCUT2D eigenvalue weighted by atomic mass is 10.2. The quantitative estimate of drug-likeness (QED) is 0.755. The van der Waals surface area contributed by atoms with E-state index in [2.05, 4.69) is 15.9 Å². The van der Waals surface area contributed by atoms with Crippen LogP contribution in [-0.4, -0.2) is 11.1 Å². The summed E-state index contributed by atoms with van der Waals surface area (Å²) in [5.41, 5.74) is 0.233. The molecule has 0 unspecified atom stereocenters. The first-order valence-electron chi connectivity index (χ1n) is 5.12. The van der Waals surface area contributed by atoms with Gasteiger partial charge in [-0.15, -0.1) is 0 Å². The minimum Gasteiger partial charge on any atom is -0.478 e. The van der Waals surface area contributed by atoms with E-state index in [0.29, 0.717) is 10.0 Å². The molecule has 0 saturated carbocycles. The van der Waals surface area contributed by atoms with Gasteiger partial charge >= 0.3 is 5.97 Å². The van der Waals surface area contributed by atoms with Gasteiger partial charge in [0, 0.05) is 14.3 Å². The van der Waals surface area contributed by atoms with E-state index in [4.69, 9.17) is 28.3 Å². The Morgan fingerprint density at radius 3 is 2.42 bits per heavy atom. The molecule has 0 aliphatic rings. The van der Waals surface area contributed by atoms with Gasteiger partial charge in [0.2, 0.25) is 0 Å². The highest BCUT2D eigenvalue weighted by molar-refractivity contribution is 9.10. The van der Waals surface area contributed by atoms with Gasteiger partial charge in [0.15, 0.2) is 0 Å². The predicted octanol–water partition coefficient (Wildman–Crippen LogP) is 5.61. The highest BCUT2D eigenvalue weighted by Crippen LogP contribution is 2.34. The molecular formula is C13H7BrCl2O2S.